The van der Waals surface area contributed by atoms with Gasteiger partial charge in [-0.15, -0.1) is 0 Å². The van der Waals surface area contributed by atoms with Gasteiger partial charge in [0.1, 0.15) is 5.69 Å². The molecule has 0 unspecified atom stereocenters. The zero-order valence-electron chi connectivity index (χ0n) is 6.96. The zero-order valence-corrected chi connectivity index (χ0v) is 8.54. The highest BCUT2D eigenvalue weighted by Gasteiger charge is 2.03. The third-order valence-electron chi connectivity index (χ3n) is 1.78. The van der Waals surface area contributed by atoms with E-state index in [1.807, 2.05) is 11.5 Å². The lowest BCUT2D eigenvalue weighted by Gasteiger charge is -2.01. The SMILES string of the molecule is Cc1c(C=O)ncn1CCCBr. The summed E-state index contributed by atoms with van der Waals surface area (Å²) in [5.74, 6) is 0. The Morgan fingerprint density at radius 1 is 1.75 bits per heavy atom. The first kappa shape index (κ1) is 9.45. The van der Waals surface area contributed by atoms with Crippen LogP contribution in [0, 0.1) is 6.92 Å². The van der Waals surface area contributed by atoms with Crippen LogP contribution in [0.1, 0.15) is 22.6 Å². The van der Waals surface area contributed by atoms with Crippen molar-refractivity contribution in [2.24, 2.45) is 0 Å². The van der Waals surface area contributed by atoms with Crippen molar-refractivity contribution in [3.05, 3.63) is 17.7 Å². The molecule has 0 aliphatic carbocycles. The molecule has 1 rings (SSSR count). The maximum atomic E-state index is 10.4. The molecule has 0 aliphatic heterocycles. The number of carbonyl (C=O) groups excluding carboxylic acids is 1. The van der Waals surface area contributed by atoms with Gasteiger partial charge < -0.3 is 4.57 Å². The summed E-state index contributed by atoms with van der Waals surface area (Å²) in [5.41, 5.74) is 1.50. The summed E-state index contributed by atoms with van der Waals surface area (Å²) in [7, 11) is 0. The summed E-state index contributed by atoms with van der Waals surface area (Å²) in [6.07, 6.45) is 3.55. The van der Waals surface area contributed by atoms with Crippen LogP contribution in [-0.4, -0.2) is 21.2 Å². The van der Waals surface area contributed by atoms with Gasteiger partial charge >= 0.3 is 0 Å². The first-order valence-corrected chi connectivity index (χ1v) is 4.94. The van der Waals surface area contributed by atoms with Crippen LogP contribution < -0.4 is 0 Å². The normalized spacial score (nSPS) is 10.2. The van der Waals surface area contributed by atoms with Crippen LogP contribution in [-0.2, 0) is 6.54 Å². The van der Waals surface area contributed by atoms with Crippen molar-refractivity contribution >= 4 is 22.2 Å². The molecule has 0 fully saturated rings. The predicted molar refractivity (Wildman–Crippen MR) is 50.8 cm³/mol. The molecule has 0 aliphatic rings. The van der Waals surface area contributed by atoms with Crippen LogP contribution in [0.25, 0.3) is 0 Å². The standard InChI is InChI=1S/C8H11BrN2O/c1-7-8(5-12)10-6-11(7)4-2-3-9/h5-6H,2-4H2,1H3. The van der Waals surface area contributed by atoms with Gasteiger partial charge in [0.05, 0.1) is 6.33 Å². The molecule has 0 N–H and O–H groups in total. The van der Waals surface area contributed by atoms with Crippen LogP contribution in [0.2, 0.25) is 0 Å². The van der Waals surface area contributed by atoms with E-state index < -0.39 is 0 Å². The molecule has 4 heteroatoms. The number of aryl methyl sites for hydroxylation is 1. The van der Waals surface area contributed by atoms with Crippen LogP contribution >= 0.6 is 15.9 Å². The summed E-state index contributed by atoms with van der Waals surface area (Å²) in [5, 5.41) is 0.973. The van der Waals surface area contributed by atoms with E-state index in [4.69, 9.17) is 0 Å². The second kappa shape index (κ2) is 4.40. The molecule has 1 heterocycles. The molecule has 66 valence electrons. The molecule has 0 spiro atoms. The number of halogens is 1. The van der Waals surface area contributed by atoms with Crippen molar-refractivity contribution in [2.75, 3.05) is 5.33 Å². The number of rotatable bonds is 4. The minimum Gasteiger partial charge on any atom is -0.334 e. The summed E-state index contributed by atoms with van der Waals surface area (Å²) < 4.78 is 1.99. The Balaban J connectivity index is 2.72. The van der Waals surface area contributed by atoms with E-state index in [0.29, 0.717) is 5.69 Å². The van der Waals surface area contributed by atoms with Crippen LogP contribution in [0.5, 0.6) is 0 Å². The van der Waals surface area contributed by atoms with Gasteiger partial charge in [0.25, 0.3) is 0 Å². The minimum atomic E-state index is 0.546. The number of imidazole rings is 1. The Morgan fingerprint density at radius 2 is 2.50 bits per heavy atom. The van der Waals surface area contributed by atoms with Gasteiger partial charge in [-0.1, -0.05) is 15.9 Å². The topological polar surface area (TPSA) is 34.9 Å². The molecule has 0 aromatic carbocycles. The summed E-state index contributed by atoms with van der Waals surface area (Å²) in [6, 6.07) is 0. The Morgan fingerprint density at radius 3 is 3.00 bits per heavy atom. The molecule has 12 heavy (non-hydrogen) atoms. The van der Waals surface area contributed by atoms with E-state index >= 15 is 0 Å². The molecular formula is C8H11BrN2O. The highest BCUT2D eigenvalue weighted by atomic mass is 79.9. The van der Waals surface area contributed by atoms with Gasteiger partial charge in [-0.05, 0) is 13.3 Å². The Labute approximate surface area is 79.9 Å². The van der Waals surface area contributed by atoms with Crippen molar-refractivity contribution < 1.29 is 4.79 Å². The Hall–Kier alpha value is -0.640. The summed E-state index contributed by atoms with van der Waals surface area (Å²) >= 11 is 3.35. The molecule has 3 nitrogen and oxygen atoms in total. The monoisotopic (exact) mass is 230 g/mol. The van der Waals surface area contributed by atoms with Gasteiger partial charge in [-0.25, -0.2) is 4.98 Å². The molecule has 0 radical (unpaired) electrons. The predicted octanol–water partition coefficient (Wildman–Crippen LogP) is 1.79. The van der Waals surface area contributed by atoms with Gasteiger partial charge in [0.2, 0.25) is 0 Å². The Kier molecular flexibility index (Phi) is 3.47. The maximum absolute atomic E-state index is 10.4. The van der Waals surface area contributed by atoms with Crippen molar-refractivity contribution in [3.63, 3.8) is 0 Å². The Bertz CT molecular complexity index is 270. The lowest BCUT2D eigenvalue weighted by molar-refractivity contribution is 0.111. The molecule has 0 atom stereocenters. The number of alkyl halides is 1. The minimum absolute atomic E-state index is 0.546. The molecule has 1 aromatic rings. The number of hydrogen-bond donors (Lipinski definition) is 0. The smallest absolute Gasteiger partial charge is 0.170 e. The van der Waals surface area contributed by atoms with E-state index in [1.165, 1.54) is 0 Å². The van der Waals surface area contributed by atoms with E-state index in [9.17, 15) is 4.79 Å². The van der Waals surface area contributed by atoms with Crippen molar-refractivity contribution in [1.82, 2.24) is 9.55 Å². The molecular weight excluding hydrogens is 220 g/mol. The van der Waals surface area contributed by atoms with Crippen molar-refractivity contribution in [1.29, 1.82) is 0 Å². The highest BCUT2D eigenvalue weighted by molar-refractivity contribution is 9.09. The van der Waals surface area contributed by atoms with E-state index in [-0.39, 0.29) is 0 Å². The fraction of sp³-hybridized carbons (Fsp3) is 0.500. The quantitative estimate of drug-likeness (QED) is 0.584. The molecule has 0 bridgehead atoms. The van der Waals surface area contributed by atoms with Crippen LogP contribution in [0.15, 0.2) is 6.33 Å². The van der Waals surface area contributed by atoms with Gasteiger partial charge in [0.15, 0.2) is 6.29 Å². The van der Waals surface area contributed by atoms with E-state index in [2.05, 4.69) is 20.9 Å². The number of nitrogens with zero attached hydrogens (tertiary/aromatic N) is 2. The third-order valence-corrected chi connectivity index (χ3v) is 2.34. The average Bonchev–Trinajstić information content (AvgIpc) is 2.43. The second-order valence-electron chi connectivity index (χ2n) is 2.57. The van der Waals surface area contributed by atoms with Gasteiger partial charge in [-0.3, -0.25) is 4.79 Å². The average molecular weight is 231 g/mol. The molecule has 0 saturated carbocycles. The summed E-state index contributed by atoms with van der Waals surface area (Å²) in [6.45, 7) is 2.82. The first-order chi connectivity index (χ1) is 5.79. The highest BCUT2D eigenvalue weighted by Crippen LogP contribution is 2.04. The van der Waals surface area contributed by atoms with Crippen LogP contribution in [0.3, 0.4) is 0 Å². The first-order valence-electron chi connectivity index (χ1n) is 3.82. The lowest BCUT2D eigenvalue weighted by Crippen LogP contribution is -1.99. The van der Waals surface area contributed by atoms with Crippen molar-refractivity contribution in [2.45, 2.75) is 19.9 Å². The second-order valence-corrected chi connectivity index (χ2v) is 3.36. The lowest BCUT2D eigenvalue weighted by atomic mass is 10.3. The van der Waals surface area contributed by atoms with E-state index in [0.717, 1.165) is 30.3 Å². The fourth-order valence-electron chi connectivity index (χ4n) is 1.03. The summed E-state index contributed by atoms with van der Waals surface area (Å²) in [4.78, 5) is 14.4. The fourth-order valence-corrected chi connectivity index (χ4v) is 1.28. The number of hydrogen-bond acceptors (Lipinski definition) is 2. The third kappa shape index (κ3) is 1.94. The largest absolute Gasteiger partial charge is 0.334 e. The molecule has 0 saturated heterocycles. The van der Waals surface area contributed by atoms with Crippen LogP contribution in [0.4, 0.5) is 0 Å². The number of aldehydes is 1. The molecule has 0 amide bonds. The van der Waals surface area contributed by atoms with Crippen molar-refractivity contribution in [3.8, 4) is 0 Å². The van der Waals surface area contributed by atoms with Gasteiger partial charge in [0, 0.05) is 17.6 Å². The number of aromatic nitrogens is 2. The number of carbonyl (C=O) groups is 1. The zero-order chi connectivity index (χ0) is 8.97. The van der Waals surface area contributed by atoms with E-state index in [1.54, 1.807) is 6.33 Å². The van der Waals surface area contributed by atoms with Gasteiger partial charge in [-0.2, -0.15) is 0 Å². The maximum Gasteiger partial charge on any atom is 0.170 e. The molecule has 1 aromatic heterocycles.